The lowest BCUT2D eigenvalue weighted by molar-refractivity contribution is 0.217. The molecule has 9 heteroatoms. The van der Waals surface area contributed by atoms with Crippen LogP contribution < -0.4 is 5.32 Å². The highest BCUT2D eigenvalue weighted by atomic mass is 35.5. The molecule has 0 atom stereocenters. The van der Waals surface area contributed by atoms with E-state index in [1.54, 1.807) is 28.0 Å². The minimum atomic E-state index is -0.172. The lowest BCUT2D eigenvalue weighted by Crippen LogP contribution is -2.38. The molecule has 2 N–H and O–H groups in total. The summed E-state index contributed by atoms with van der Waals surface area (Å²) < 4.78 is 1.67. The van der Waals surface area contributed by atoms with Gasteiger partial charge in [0.05, 0.1) is 30.1 Å². The molecule has 32 heavy (non-hydrogen) atoms. The van der Waals surface area contributed by atoms with Crippen LogP contribution in [0.2, 0.25) is 10.0 Å². The largest absolute Gasteiger partial charge is 0.394 e. The van der Waals surface area contributed by atoms with Crippen LogP contribution >= 0.6 is 23.2 Å². The number of urea groups is 1. The Balaban J connectivity index is 1.42. The van der Waals surface area contributed by atoms with Crippen molar-refractivity contribution in [2.24, 2.45) is 0 Å². The maximum atomic E-state index is 12.6. The molecule has 166 valence electrons. The van der Waals surface area contributed by atoms with Gasteiger partial charge in [-0.25, -0.2) is 4.79 Å². The Morgan fingerprint density at radius 3 is 2.72 bits per heavy atom. The van der Waals surface area contributed by atoms with Crippen molar-refractivity contribution >= 4 is 40.5 Å². The van der Waals surface area contributed by atoms with Gasteiger partial charge in [0.1, 0.15) is 0 Å². The van der Waals surface area contributed by atoms with Crippen molar-refractivity contribution in [3.8, 4) is 11.1 Å². The van der Waals surface area contributed by atoms with Crippen molar-refractivity contribution < 1.29 is 9.90 Å². The first-order chi connectivity index (χ1) is 15.4. The maximum Gasteiger partial charge on any atom is 0.322 e. The Bertz CT molecular complexity index is 1170. The van der Waals surface area contributed by atoms with Crippen molar-refractivity contribution in [1.29, 1.82) is 0 Å². The highest BCUT2D eigenvalue weighted by Gasteiger charge is 2.20. The van der Waals surface area contributed by atoms with Crippen LogP contribution in [0.3, 0.4) is 0 Å². The van der Waals surface area contributed by atoms with Crippen LogP contribution in [0.5, 0.6) is 0 Å². The Morgan fingerprint density at radius 2 is 2.03 bits per heavy atom. The molecular weight excluding hydrogens is 449 g/mol. The number of carbonyl (C=O) groups excluding carboxylic acids is 1. The average molecular weight is 472 g/mol. The summed E-state index contributed by atoms with van der Waals surface area (Å²) in [5.74, 6) is 0. The predicted molar refractivity (Wildman–Crippen MR) is 127 cm³/mol. The fraction of sp³-hybridized carbons (Fsp3) is 0.261. The van der Waals surface area contributed by atoms with E-state index < -0.39 is 0 Å². The van der Waals surface area contributed by atoms with Crippen LogP contribution in [0.25, 0.3) is 16.7 Å². The number of rotatable bonds is 5. The molecule has 0 unspecified atom stereocenters. The second-order valence-corrected chi connectivity index (χ2v) is 8.40. The summed E-state index contributed by atoms with van der Waals surface area (Å²) >= 11 is 12.7. The molecule has 1 aliphatic rings. The number of nitrogens with one attached hydrogen (secondary N) is 1. The molecule has 0 saturated heterocycles. The topological polar surface area (TPSA) is 83.3 Å². The van der Waals surface area contributed by atoms with Gasteiger partial charge in [-0.3, -0.25) is 9.67 Å². The van der Waals surface area contributed by atoms with Gasteiger partial charge < -0.3 is 15.3 Å². The second-order valence-electron chi connectivity index (χ2n) is 7.59. The lowest BCUT2D eigenvalue weighted by Gasteiger charge is -2.27. The normalized spacial score (nSPS) is 13.8. The van der Waals surface area contributed by atoms with E-state index in [9.17, 15) is 4.79 Å². The van der Waals surface area contributed by atoms with Crippen LogP contribution in [-0.4, -0.2) is 50.5 Å². The minimum Gasteiger partial charge on any atom is -0.394 e. The Morgan fingerprint density at radius 1 is 1.19 bits per heavy atom. The summed E-state index contributed by atoms with van der Waals surface area (Å²) in [6.07, 6.45) is 7.98. The van der Waals surface area contributed by atoms with E-state index in [-0.39, 0.29) is 12.6 Å². The lowest BCUT2D eigenvalue weighted by atomic mass is 10.0. The van der Waals surface area contributed by atoms with Crippen molar-refractivity contribution in [3.05, 3.63) is 70.2 Å². The van der Waals surface area contributed by atoms with Crippen LogP contribution in [0.1, 0.15) is 17.7 Å². The van der Waals surface area contributed by atoms with E-state index in [2.05, 4.69) is 15.4 Å². The third-order valence-electron chi connectivity index (χ3n) is 5.36. The fourth-order valence-corrected chi connectivity index (χ4v) is 3.98. The number of benzene rings is 1. The number of carbonyl (C=O) groups is 1. The molecule has 1 aromatic carbocycles. The van der Waals surface area contributed by atoms with E-state index in [1.165, 1.54) is 0 Å². The molecular formula is C23H23Cl2N5O2. The summed E-state index contributed by atoms with van der Waals surface area (Å²) in [4.78, 5) is 18.9. The van der Waals surface area contributed by atoms with Gasteiger partial charge in [0.25, 0.3) is 0 Å². The zero-order valence-corrected chi connectivity index (χ0v) is 19.1. The van der Waals surface area contributed by atoms with Crippen molar-refractivity contribution in [1.82, 2.24) is 19.7 Å². The van der Waals surface area contributed by atoms with Gasteiger partial charge in [-0.15, -0.1) is 0 Å². The average Bonchev–Trinajstić information content (AvgIpc) is 3.25. The molecule has 0 aliphatic carbocycles. The molecule has 3 aromatic rings. The molecule has 3 heterocycles. The monoisotopic (exact) mass is 471 g/mol. The zero-order chi connectivity index (χ0) is 22.7. The van der Waals surface area contributed by atoms with Gasteiger partial charge in [0, 0.05) is 47.3 Å². The number of pyridine rings is 1. The fourth-order valence-electron chi connectivity index (χ4n) is 3.51. The standard InChI is InChI=1S/C23H23Cl2N5O2/c1-15-2-3-19(11-20(15)24)28-23(32)29-6-4-16(5-7-29)22-21(25)10-17(12-26-22)18-13-27-30(14-18)8-9-31/h2-4,10-14,31H,5-9H2,1H3,(H,28,32). The van der Waals surface area contributed by atoms with Gasteiger partial charge in [-0.2, -0.15) is 5.10 Å². The zero-order valence-electron chi connectivity index (χ0n) is 17.6. The molecule has 2 aromatic heterocycles. The third kappa shape index (κ3) is 4.96. The smallest absolute Gasteiger partial charge is 0.322 e. The number of halogens is 2. The molecule has 7 nitrogen and oxygen atoms in total. The molecule has 0 saturated carbocycles. The Hall–Kier alpha value is -2.87. The van der Waals surface area contributed by atoms with Gasteiger partial charge in [-0.1, -0.05) is 35.3 Å². The highest BCUT2D eigenvalue weighted by molar-refractivity contribution is 6.32. The van der Waals surface area contributed by atoms with Crippen LogP contribution in [0.15, 0.2) is 48.9 Å². The molecule has 0 radical (unpaired) electrons. The van der Waals surface area contributed by atoms with E-state index >= 15 is 0 Å². The number of nitrogens with zero attached hydrogens (tertiary/aromatic N) is 4. The molecule has 0 spiro atoms. The number of aryl methyl sites for hydroxylation is 1. The van der Waals surface area contributed by atoms with Crippen LogP contribution in [0.4, 0.5) is 10.5 Å². The summed E-state index contributed by atoms with van der Waals surface area (Å²) in [6.45, 7) is 3.41. The van der Waals surface area contributed by atoms with E-state index in [1.807, 2.05) is 37.4 Å². The van der Waals surface area contributed by atoms with Crippen molar-refractivity contribution in [2.45, 2.75) is 19.9 Å². The molecule has 2 amide bonds. The number of aliphatic hydroxyl groups excluding tert-OH is 1. The van der Waals surface area contributed by atoms with Gasteiger partial charge in [0.15, 0.2) is 0 Å². The molecule has 0 bridgehead atoms. The maximum absolute atomic E-state index is 12.6. The van der Waals surface area contributed by atoms with Crippen molar-refractivity contribution in [2.75, 3.05) is 25.0 Å². The second kappa shape index (κ2) is 9.73. The minimum absolute atomic E-state index is 0.0288. The number of hydrogen-bond acceptors (Lipinski definition) is 4. The summed E-state index contributed by atoms with van der Waals surface area (Å²) in [5, 5.41) is 17.3. The third-order valence-corrected chi connectivity index (χ3v) is 6.06. The first kappa shape index (κ1) is 22.3. The summed E-state index contributed by atoms with van der Waals surface area (Å²) in [7, 11) is 0. The van der Waals surface area contributed by atoms with Gasteiger partial charge in [0.2, 0.25) is 0 Å². The van der Waals surface area contributed by atoms with Crippen LogP contribution in [-0.2, 0) is 6.54 Å². The Labute approximate surface area is 196 Å². The molecule has 4 rings (SSSR count). The number of hydrogen-bond donors (Lipinski definition) is 2. The number of aromatic nitrogens is 3. The van der Waals surface area contributed by atoms with E-state index in [0.29, 0.717) is 41.8 Å². The SMILES string of the molecule is Cc1ccc(NC(=O)N2CC=C(c3ncc(-c4cnn(CCO)c4)cc3Cl)CC2)cc1Cl. The summed E-state index contributed by atoms with van der Waals surface area (Å²) in [6, 6.07) is 7.16. The van der Waals surface area contributed by atoms with E-state index in [4.69, 9.17) is 28.3 Å². The van der Waals surface area contributed by atoms with Crippen LogP contribution in [0, 0.1) is 6.92 Å². The van der Waals surface area contributed by atoms with E-state index in [0.717, 1.165) is 28.0 Å². The first-order valence-electron chi connectivity index (χ1n) is 10.3. The van der Waals surface area contributed by atoms with Gasteiger partial charge in [-0.05, 0) is 42.7 Å². The number of anilines is 1. The molecule has 1 aliphatic heterocycles. The summed E-state index contributed by atoms with van der Waals surface area (Å²) in [5.41, 5.74) is 5.12. The Kier molecular flexibility index (Phi) is 6.79. The number of aliphatic hydroxyl groups is 1. The highest BCUT2D eigenvalue weighted by Crippen LogP contribution is 2.30. The quantitative estimate of drug-likeness (QED) is 0.555. The predicted octanol–water partition coefficient (Wildman–Crippen LogP) is 4.87. The first-order valence-corrected chi connectivity index (χ1v) is 11.0. The molecule has 0 fully saturated rings. The number of amides is 2. The van der Waals surface area contributed by atoms with Gasteiger partial charge >= 0.3 is 6.03 Å². The van der Waals surface area contributed by atoms with Crippen molar-refractivity contribution in [3.63, 3.8) is 0 Å².